The van der Waals surface area contributed by atoms with Crippen LogP contribution in [0, 0.1) is 5.82 Å². The molecule has 2 aromatic carbocycles. The lowest BCUT2D eigenvalue weighted by Gasteiger charge is -2.38. The summed E-state index contributed by atoms with van der Waals surface area (Å²) in [5.74, 6) is -0.0125. The van der Waals surface area contributed by atoms with Gasteiger partial charge in [0, 0.05) is 24.3 Å². The second-order valence-corrected chi connectivity index (χ2v) is 7.63. The summed E-state index contributed by atoms with van der Waals surface area (Å²) in [6.45, 7) is 0.869. The summed E-state index contributed by atoms with van der Waals surface area (Å²) in [5.41, 5.74) is 0.703. The maximum Gasteiger partial charge on any atom is 0.321 e. The lowest BCUT2D eigenvalue weighted by Crippen LogP contribution is -2.52. The van der Waals surface area contributed by atoms with Crippen molar-refractivity contribution < 1.29 is 23.6 Å². The molecule has 1 fully saturated rings. The fraction of sp³-hybridized carbons (Fsp3) is 0.318. The van der Waals surface area contributed by atoms with Crippen LogP contribution >= 0.6 is 0 Å². The van der Waals surface area contributed by atoms with Crippen molar-refractivity contribution in [1.82, 2.24) is 4.90 Å². The number of rotatable bonds is 4. The number of nitrogens with one attached hydrogen (secondary N) is 2. The van der Waals surface area contributed by atoms with Gasteiger partial charge in [-0.1, -0.05) is 5.16 Å². The molecule has 0 aliphatic carbocycles. The number of carbonyl (C=O) groups is 2. The van der Waals surface area contributed by atoms with Crippen LogP contribution in [-0.4, -0.2) is 48.4 Å². The first kappa shape index (κ1) is 20.6. The number of halogens is 1. The zero-order valence-electron chi connectivity index (χ0n) is 17.1. The van der Waals surface area contributed by atoms with E-state index in [-0.39, 0.29) is 23.5 Å². The molecule has 0 saturated carbocycles. The van der Waals surface area contributed by atoms with Crippen molar-refractivity contribution in [3.8, 4) is 5.75 Å². The second-order valence-electron chi connectivity index (χ2n) is 7.63. The molecule has 162 valence electrons. The van der Waals surface area contributed by atoms with E-state index in [9.17, 15) is 14.0 Å². The van der Waals surface area contributed by atoms with Crippen LogP contribution in [0.1, 0.15) is 19.3 Å². The molecule has 8 nitrogen and oxygen atoms in total. The predicted molar refractivity (Wildman–Crippen MR) is 114 cm³/mol. The van der Waals surface area contributed by atoms with Crippen molar-refractivity contribution in [3.63, 3.8) is 0 Å². The molecular weight excluding hydrogens is 403 g/mol. The minimum absolute atomic E-state index is 0.289. The van der Waals surface area contributed by atoms with Gasteiger partial charge < -0.3 is 25.1 Å². The van der Waals surface area contributed by atoms with Gasteiger partial charge >= 0.3 is 6.03 Å². The van der Waals surface area contributed by atoms with E-state index in [1.807, 2.05) is 0 Å². The fourth-order valence-electron chi connectivity index (χ4n) is 3.75. The van der Waals surface area contributed by atoms with E-state index in [2.05, 4.69) is 15.8 Å². The molecule has 0 radical (unpaired) electrons. The van der Waals surface area contributed by atoms with Gasteiger partial charge in [0.2, 0.25) is 0 Å². The molecule has 1 atom stereocenters. The largest absolute Gasteiger partial charge is 0.497 e. The van der Waals surface area contributed by atoms with Gasteiger partial charge in [0.25, 0.3) is 5.91 Å². The lowest BCUT2D eigenvalue weighted by molar-refractivity contribution is -0.110. The smallest absolute Gasteiger partial charge is 0.321 e. The van der Waals surface area contributed by atoms with E-state index in [4.69, 9.17) is 9.57 Å². The number of urea groups is 1. The van der Waals surface area contributed by atoms with Gasteiger partial charge in [0.1, 0.15) is 17.3 Å². The van der Waals surface area contributed by atoms with Crippen molar-refractivity contribution in [2.45, 2.75) is 24.9 Å². The van der Waals surface area contributed by atoms with Crippen LogP contribution in [0.15, 0.2) is 53.7 Å². The highest BCUT2D eigenvalue weighted by atomic mass is 19.1. The maximum absolute atomic E-state index is 13.1. The Labute approximate surface area is 179 Å². The third kappa shape index (κ3) is 4.76. The number of amides is 3. The Balaban J connectivity index is 1.35. The van der Waals surface area contributed by atoms with E-state index < -0.39 is 5.60 Å². The molecular formula is C22H23FN4O4. The zero-order valence-corrected chi connectivity index (χ0v) is 17.1. The first-order chi connectivity index (χ1) is 15.0. The molecule has 1 saturated heterocycles. The minimum Gasteiger partial charge on any atom is -0.497 e. The van der Waals surface area contributed by atoms with Crippen LogP contribution in [0.3, 0.4) is 0 Å². The molecule has 3 amide bonds. The fourth-order valence-corrected chi connectivity index (χ4v) is 3.75. The number of methoxy groups -OCH3 is 1. The highest BCUT2D eigenvalue weighted by Crippen LogP contribution is 2.34. The minimum atomic E-state index is -0.717. The average molecular weight is 426 g/mol. The Morgan fingerprint density at radius 2 is 1.77 bits per heavy atom. The molecule has 0 bridgehead atoms. The maximum atomic E-state index is 13.1. The highest BCUT2D eigenvalue weighted by Gasteiger charge is 2.45. The molecule has 0 unspecified atom stereocenters. The number of carbonyl (C=O) groups excluding carboxylic acids is 2. The molecule has 0 aromatic heterocycles. The zero-order chi connectivity index (χ0) is 21.8. The topological polar surface area (TPSA) is 92.3 Å². The van der Waals surface area contributed by atoms with Gasteiger partial charge in [-0.15, -0.1) is 0 Å². The summed E-state index contributed by atoms with van der Waals surface area (Å²) in [4.78, 5) is 32.5. The Bertz CT molecular complexity index is 994. The van der Waals surface area contributed by atoms with Crippen LogP contribution in [0.4, 0.5) is 20.6 Å². The van der Waals surface area contributed by atoms with Gasteiger partial charge in [-0.25, -0.2) is 9.18 Å². The summed E-state index contributed by atoms with van der Waals surface area (Å²) in [6, 6.07) is 12.3. The number of nitrogens with zero attached hydrogens (tertiary/aromatic N) is 2. The van der Waals surface area contributed by atoms with Crippen molar-refractivity contribution in [1.29, 1.82) is 0 Å². The third-order valence-corrected chi connectivity index (χ3v) is 5.37. The summed E-state index contributed by atoms with van der Waals surface area (Å²) in [7, 11) is 1.57. The molecule has 2 heterocycles. The van der Waals surface area contributed by atoms with Crippen molar-refractivity contribution >= 4 is 29.0 Å². The summed E-state index contributed by atoms with van der Waals surface area (Å²) < 4.78 is 18.2. The molecule has 2 N–H and O–H groups in total. The van der Waals surface area contributed by atoms with Crippen LogP contribution < -0.4 is 15.4 Å². The average Bonchev–Trinajstić information content (AvgIpc) is 3.19. The molecule has 4 rings (SSSR count). The van der Waals surface area contributed by atoms with E-state index in [1.165, 1.54) is 24.3 Å². The summed E-state index contributed by atoms with van der Waals surface area (Å²) in [5, 5.41) is 9.57. The van der Waals surface area contributed by atoms with Gasteiger partial charge in [-0.3, -0.25) is 4.79 Å². The number of likely N-dealkylation sites (tertiary alicyclic amines) is 1. The number of hydrogen-bond acceptors (Lipinski definition) is 5. The van der Waals surface area contributed by atoms with Crippen molar-refractivity contribution in [2.24, 2.45) is 5.16 Å². The molecule has 2 aliphatic rings. The summed E-state index contributed by atoms with van der Waals surface area (Å²) >= 11 is 0. The van der Waals surface area contributed by atoms with Gasteiger partial charge in [0.05, 0.1) is 13.7 Å². The van der Waals surface area contributed by atoms with Crippen LogP contribution in [-0.2, 0) is 9.63 Å². The number of hydrogen-bond donors (Lipinski definition) is 2. The quantitative estimate of drug-likeness (QED) is 0.781. The van der Waals surface area contributed by atoms with Crippen LogP contribution in [0.25, 0.3) is 0 Å². The Morgan fingerprint density at radius 3 is 2.48 bits per heavy atom. The normalized spacial score (nSPS) is 20.1. The number of ether oxygens (including phenoxy) is 1. The van der Waals surface area contributed by atoms with Gasteiger partial charge in [0.15, 0.2) is 5.60 Å². The molecule has 1 spiro atoms. The van der Waals surface area contributed by atoms with E-state index >= 15 is 0 Å². The summed E-state index contributed by atoms with van der Waals surface area (Å²) in [6.07, 6.45) is 1.73. The predicted octanol–water partition coefficient (Wildman–Crippen LogP) is 3.62. The molecule has 2 aliphatic heterocycles. The number of anilines is 2. The monoisotopic (exact) mass is 426 g/mol. The van der Waals surface area contributed by atoms with Crippen LogP contribution in [0.2, 0.25) is 0 Å². The number of piperidine rings is 1. The first-order valence-electron chi connectivity index (χ1n) is 9.98. The molecule has 2 aromatic rings. The standard InChI is InChI=1S/C22H23FN4O4/c1-30-18-9-7-16(8-10-18)24-20(28)19-13-22(31-26-19)11-2-12-27(14-22)21(29)25-17-5-3-15(23)4-6-17/h3-10H,2,11-14H2,1H3,(H,24,28)(H,25,29)/t22-/m1/s1. The second kappa shape index (κ2) is 8.63. The Kier molecular flexibility index (Phi) is 5.75. The van der Waals surface area contributed by atoms with E-state index in [0.29, 0.717) is 43.1 Å². The highest BCUT2D eigenvalue weighted by molar-refractivity contribution is 6.43. The SMILES string of the molecule is COc1ccc(NC(=O)C2=NO[C@]3(CCCN(C(=O)Nc4ccc(F)cc4)C3)C2)cc1. The van der Waals surface area contributed by atoms with Crippen molar-refractivity contribution in [2.75, 3.05) is 30.8 Å². The van der Waals surface area contributed by atoms with Gasteiger partial charge in [-0.05, 0) is 61.4 Å². The molecule has 31 heavy (non-hydrogen) atoms. The number of oxime groups is 1. The molecule has 9 heteroatoms. The Morgan fingerprint density at radius 1 is 1.10 bits per heavy atom. The number of benzene rings is 2. The third-order valence-electron chi connectivity index (χ3n) is 5.37. The lowest BCUT2D eigenvalue weighted by atomic mass is 9.88. The first-order valence-corrected chi connectivity index (χ1v) is 9.98. The van der Waals surface area contributed by atoms with Crippen molar-refractivity contribution in [3.05, 3.63) is 54.3 Å². The Hall–Kier alpha value is -3.62. The van der Waals surface area contributed by atoms with E-state index in [1.54, 1.807) is 36.3 Å². The van der Waals surface area contributed by atoms with Gasteiger partial charge in [-0.2, -0.15) is 0 Å². The van der Waals surface area contributed by atoms with Crippen LogP contribution in [0.5, 0.6) is 5.75 Å². The van der Waals surface area contributed by atoms with E-state index in [0.717, 1.165) is 6.42 Å².